The fraction of sp³-hybridized carbons (Fsp3) is 0.333. The van der Waals surface area contributed by atoms with E-state index in [1.54, 1.807) is 0 Å². The summed E-state index contributed by atoms with van der Waals surface area (Å²) in [6.07, 6.45) is -3.28. The fourth-order valence-electron chi connectivity index (χ4n) is 3.95. The van der Waals surface area contributed by atoms with Crippen molar-refractivity contribution in [3.63, 3.8) is 0 Å². The molecule has 0 aromatic heterocycles. The summed E-state index contributed by atoms with van der Waals surface area (Å²) in [5.74, 6) is -1.74. The molecule has 4 amide bonds. The SMILES string of the molecule is CC1(C)C(=O)N(c2ccc(C#N)c(C(F)(F)F)c2)C(=O)N1c1ccc(CNC(=O)C2CC2)c(F)c1. The Morgan fingerprint density at radius 2 is 1.80 bits per heavy atom. The van der Waals surface area contributed by atoms with Gasteiger partial charge in [-0.25, -0.2) is 14.1 Å². The van der Waals surface area contributed by atoms with Crippen LogP contribution in [-0.2, 0) is 22.3 Å². The second-order valence-corrected chi connectivity index (χ2v) is 8.92. The maximum absolute atomic E-state index is 14.8. The lowest BCUT2D eigenvalue weighted by Crippen LogP contribution is -2.44. The van der Waals surface area contributed by atoms with E-state index in [4.69, 9.17) is 5.26 Å². The van der Waals surface area contributed by atoms with Crippen molar-refractivity contribution in [3.8, 4) is 6.07 Å². The monoisotopic (exact) mass is 488 g/mol. The number of carbonyl (C=O) groups excluding carboxylic acids is 3. The fourth-order valence-corrected chi connectivity index (χ4v) is 3.95. The van der Waals surface area contributed by atoms with Crippen LogP contribution in [0.5, 0.6) is 0 Å². The largest absolute Gasteiger partial charge is 0.417 e. The number of nitrogens with one attached hydrogen (secondary N) is 1. The number of urea groups is 1. The highest BCUT2D eigenvalue weighted by Gasteiger charge is 2.53. The molecule has 1 saturated carbocycles. The Kier molecular flexibility index (Phi) is 5.79. The average molecular weight is 488 g/mol. The van der Waals surface area contributed by atoms with Gasteiger partial charge in [-0.05, 0) is 57.0 Å². The summed E-state index contributed by atoms with van der Waals surface area (Å²) in [6, 6.07) is 6.83. The van der Waals surface area contributed by atoms with Gasteiger partial charge in [0.1, 0.15) is 11.4 Å². The van der Waals surface area contributed by atoms with Gasteiger partial charge in [0.15, 0.2) is 0 Å². The van der Waals surface area contributed by atoms with Crippen LogP contribution in [0.15, 0.2) is 36.4 Å². The number of anilines is 2. The number of imide groups is 1. The second-order valence-electron chi connectivity index (χ2n) is 8.92. The van der Waals surface area contributed by atoms with E-state index in [1.807, 2.05) is 0 Å². The van der Waals surface area contributed by atoms with Crippen LogP contribution in [-0.4, -0.2) is 23.4 Å². The minimum Gasteiger partial charge on any atom is -0.352 e. The van der Waals surface area contributed by atoms with Gasteiger partial charge in [-0.15, -0.1) is 0 Å². The van der Waals surface area contributed by atoms with E-state index in [9.17, 15) is 31.9 Å². The maximum Gasteiger partial charge on any atom is 0.417 e. The highest BCUT2D eigenvalue weighted by atomic mass is 19.4. The number of alkyl halides is 3. The van der Waals surface area contributed by atoms with Gasteiger partial charge in [-0.2, -0.15) is 18.4 Å². The average Bonchev–Trinajstić information content (AvgIpc) is 3.61. The molecule has 182 valence electrons. The second kappa shape index (κ2) is 8.37. The number of hydrogen-bond acceptors (Lipinski definition) is 4. The highest BCUT2D eigenvalue weighted by Crippen LogP contribution is 2.39. The van der Waals surface area contributed by atoms with Crippen LogP contribution in [0.1, 0.15) is 43.4 Å². The first kappa shape index (κ1) is 24.2. The molecule has 0 radical (unpaired) electrons. The molecule has 0 atom stereocenters. The molecule has 2 fully saturated rings. The third-order valence-electron chi connectivity index (χ3n) is 6.05. The molecule has 7 nitrogen and oxygen atoms in total. The normalized spacial score (nSPS) is 17.5. The van der Waals surface area contributed by atoms with Crippen molar-refractivity contribution >= 4 is 29.2 Å². The molecule has 4 rings (SSSR count). The summed E-state index contributed by atoms with van der Waals surface area (Å²) in [5, 5.41) is 11.6. The minimum absolute atomic E-state index is 0.0234. The van der Waals surface area contributed by atoms with E-state index in [1.165, 1.54) is 32.0 Å². The van der Waals surface area contributed by atoms with Crippen LogP contribution >= 0.6 is 0 Å². The van der Waals surface area contributed by atoms with Gasteiger partial charge in [0.2, 0.25) is 5.91 Å². The maximum atomic E-state index is 14.8. The summed E-state index contributed by atoms with van der Waals surface area (Å²) >= 11 is 0. The van der Waals surface area contributed by atoms with Gasteiger partial charge in [0, 0.05) is 23.7 Å². The van der Waals surface area contributed by atoms with Crippen molar-refractivity contribution < 1.29 is 31.9 Å². The Balaban J connectivity index is 1.65. The number of benzene rings is 2. The number of nitrogens with zero attached hydrogens (tertiary/aromatic N) is 3. The predicted molar refractivity (Wildman–Crippen MR) is 117 cm³/mol. The van der Waals surface area contributed by atoms with Crippen molar-refractivity contribution in [2.24, 2.45) is 5.92 Å². The summed E-state index contributed by atoms with van der Waals surface area (Å²) in [5.41, 5.74) is -3.63. The predicted octanol–water partition coefficient (Wildman–Crippen LogP) is 4.49. The van der Waals surface area contributed by atoms with Gasteiger partial charge in [-0.1, -0.05) is 6.07 Å². The Labute approximate surface area is 197 Å². The lowest BCUT2D eigenvalue weighted by atomic mass is 10.0. The molecule has 0 unspecified atom stereocenters. The number of hydrogen-bond donors (Lipinski definition) is 1. The zero-order valence-corrected chi connectivity index (χ0v) is 18.7. The first-order valence-corrected chi connectivity index (χ1v) is 10.7. The van der Waals surface area contributed by atoms with Crippen molar-refractivity contribution in [1.29, 1.82) is 5.26 Å². The van der Waals surface area contributed by atoms with Gasteiger partial charge < -0.3 is 5.32 Å². The first-order chi connectivity index (χ1) is 16.4. The molecule has 2 aromatic rings. The summed E-state index contributed by atoms with van der Waals surface area (Å²) < 4.78 is 55.0. The van der Waals surface area contributed by atoms with Crippen LogP contribution in [0.2, 0.25) is 0 Å². The summed E-state index contributed by atoms with van der Waals surface area (Å²) in [6.45, 7) is 2.74. The van der Waals surface area contributed by atoms with Crippen LogP contribution < -0.4 is 15.1 Å². The molecule has 0 bridgehead atoms. The Hall–Kier alpha value is -3.94. The number of nitriles is 1. The number of amides is 4. The van der Waals surface area contributed by atoms with E-state index in [-0.39, 0.29) is 35.3 Å². The topological polar surface area (TPSA) is 93.5 Å². The van der Waals surface area contributed by atoms with Crippen LogP contribution in [0, 0.1) is 23.1 Å². The smallest absolute Gasteiger partial charge is 0.352 e. The Morgan fingerprint density at radius 1 is 1.14 bits per heavy atom. The third-order valence-corrected chi connectivity index (χ3v) is 6.05. The number of carbonyl (C=O) groups is 3. The quantitative estimate of drug-likeness (QED) is 0.496. The summed E-state index contributed by atoms with van der Waals surface area (Å²) in [4.78, 5) is 39.7. The van der Waals surface area contributed by atoms with Gasteiger partial charge in [0.05, 0.1) is 22.9 Å². The molecule has 11 heteroatoms. The minimum atomic E-state index is -4.88. The van der Waals surface area contributed by atoms with E-state index < -0.39 is 40.6 Å². The van der Waals surface area contributed by atoms with Gasteiger partial charge >= 0.3 is 12.2 Å². The summed E-state index contributed by atoms with van der Waals surface area (Å²) in [7, 11) is 0. The Bertz CT molecular complexity index is 1280. The van der Waals surface area contributed by atoms with Crippen molar-refractivity contribution in [1.82, 2.24) is 5.32 Å². The Morgan fingerprint density at radius 3 is 2.37 bits per heavy atom. The lowest BCUT2D eigenvalue weighted by Gasteiger charge is -2.28. The van der Waals surface area contributed by atoms with Crippen LogP contribution in [0.3, 0.4) is 0 Å². The molecule has 1 aliphatic carbocycles. The molecule has 2 aromatic carbocycles. The molecular weight excluding hydrogens is 468 g/mol. The number of halogens is 4. The van der Waals surface area contributed by atoms with Crippen molar-refractivity contribution in [2.75, 3.05) is 9.80 Å². The van der Waals surface area contributed by atoms with E-state index in [0.29, 0.717) is 11.0 Å². The zero-order chi connectivity index (χ0) is 25.7. The van der Waals surface area contributed by atoms with Gasteiger partial charge in [0.25, 0.3) is 5.91 Å². The van der Waals surface area contributed by atoms with Gasteiger partial charge in [-0.3, -0.25) is 14.5 Å². The zero-order valence-electron chi connectivity index (χ0n) is 18.7. The van der Waals surface area contributed by atoms with Crippen molar-refractivity contribution in [2.45, 2.75) is 44.9 Å². The van der Waals surface area contributed by atoms with Crippen LogP contribution in [0.4, 0.5) is 33.7 Å². The number of rotatable bonds is 5. The molecule has 1 saturated heterocycles. The highest BCUT2D eigenvalue weighted by molar-refractivity contribution is 6.30. The van der Waals surface area contributed by atoms with Crippen LogP contribution in [0.25, 0.3) is 0 Å². The molecular formula is C24H20F4N4O3. The lowest BCUT2D eigenvalue weighted by molar-refractivity contribution is -0.137. The third kappa shape index (κ3) is 4.32. The van der Waals surface area contributed by atoms with Crippen molar-refractivity contribution in [3.05, 3.63) is 58.9 Å². The molecule has 1 aliphatic heterocycles. The molecule has 1 heterocycles. The molecule has 2 aliphatic rings. The van der Waals surface area contributed by atoms with E-state index in [0.717, 1.165) is 35.9 Å². The first-order valence-electron chi connectivity index (χ1n) is 10.7. The molecule has 35 heavy (non-hydrogen) atoms. The van der Waals surface area contributed by atoms with E-state index in [2.05, 4.69) is 5.32 Å². The standard InChI is InChI=1S/C24H20F4N4O3/c1-23(2)21(34)31(16-7-5-14(11-29)18(9-16)24(26,27)28)22(35)32(23)17-8-6-15(19(25)10-17)12-30-20(33)13-3-4-13/h5-10,13H,3-4,12H2,1-2H3,(H,30,33). The molecule has 1 N–H and O–H groups in total. The van der Waals surface area contributed by atoms with E-state index >= 15 is 0 Å². The molecule has 0 spiro atoms.